The summed E-state index contributed by atoms with van der Waals surface area (Å²) in [6.07, 6.45) is -4.95. The van der Waals surface area contributed by atoms with Gasteiger partial charge in [0.25, 0.3) is 0 Å². The molecule has 1 aromatic rings. The van der Waals surface area contributed by atoms with E-state index in [1.54, 1.807) is 0 Å². The summed E-state index contributed by atoms with van der Waals surface area (Å²) in [5.74, 6) is -1.12. The van der Waals surface area contributed by atoms with Crippen LogP contribution in [-0.4, -0.2) is 18.0 Å². The molecule has 0 aromatic heterocycles. The van der Waals surface area contributed by atoms with Gasteiger partial charge in [0.1, 0.15) is 5.75 Å². The smallest absolute Gasteiger partial charge is 0.405 e. The molecule has 0 aliphatic heterocycles. The normalized spacial score (nSPS) is 11.4. The molecule has 0 fully saturated rings. The summed E-state index contributed by atoms with van der Waals surface area (Å²) < 4.78 is 40.0. The van der Waals surface area contributed by atoms with Gasteiger partial charge in [-0.05, 0) is 18.2 Å². The van der Waals surface area contributed by atoms with Crippen molar-refractivity contribution in [1.82, 2.24) is 0 Å². The molecule has 0 unspecified atom stereocenters. The number of carbonyl (C=O) groups excluding carboxylic acids is 1. The Labute approximate surface area is 105 Å². The zero-order valence-corrected chi connectivity index (χ0v) is 9.86. The van der Waals surface area contributed by atoms with Crippen LogP contribution in [0.15, 0.2) is 18.2 Å². The highest BCUT2D eigenvalue weighted by Crippen LogP contribution is 2.30. The fourth-order valence-electron chi connectivity index (χ4n) is 1.16. The van der Waals surface area contributed by atoms with E-state index in [0.29, 0.717) is 0 Å². The third kappa shape index (κ3) is 4.44. The quantitative estimate of drug-likeness (QED) is 0.617. The SMILES string of the molecule is O=C(CCCl)c1ccc(Cl)cc1OC(F)(F)F. The lowest BCUT2D eigenvalue weighted by Crippen LogP contribution is -2.19. The zero-order valence-electron chi connectivity index (χ0n) is 8.35. The highest BCUT2D eigenvalue weighted by atomic mass is 35.5. The molecule has 0 aliphatic rings. The molecule has 0 spiro atoms. The third-order valence-corrected chi connectivity index (χ3v) is 2.22. The number of halogens is 5. The molecule has 1 rings (SSSR count). The molecule has 0 heterocycles. The first-order valence-corrected chi connectivity index (χ1v) is 5.39. The van der Waals surface area contributed by atoms with E-state index in [1.807, 2.05) is 0 Å². The number of Topliss-reactive ketones (excluding diaryl/α,β-unsaturated/α-hetero) is 1. The summed E-state index contributed by atoms with van der Waals surface area (Å²) in [5.41, 5.74) is -0.188. The highest BCUT2D eigenvalue weighted by Gasteiger charge is 2.32. The fourth-order valence-corrected chi connectivity index (χ4v) is 1.49. The predicted octanol–water partition coefficient (Wildman–Crippen LogP) is 4.05. The lowest BCUT2D eigenvalue weighted by Gasteiger charge is -2.12. The Morgan fingerprint density at radius 3 is 2.53 bits per heavy atom. The van der Waals surface area contributed by atoms with Crippen LogP contribution in [-0.2, 0) is 0 Å². The topological polar surface area (TPSA) is 26.3 Å². The Kier molecular flexibility index (Phi) is 4.65. The van der Waals surface area contributed by atoms with E-state index in [1.165, 1.54) is 12.1 Å². The molecule has 0 aliphatic carbocycles. The van der Waals surface area contributed by atoms with E-state index in [9.17, 15) is 18.0 Å². The molecule has 7 heteroatoms. The van der Waals surface area contributed by atoms with E-state index in [2.05, 4.69) is 4.74 Å². The van der Waals surface area contributed by atoms with Gasteiger partial charge in [-0.15, -0.1) is 24.8 Å². The standard InChI is InChI=1S/C10H7Cl2F3O2/c11-4-3-8(16)7-2-1-6(12)5-9(7)17-10(13,14)15/h1-2,5H,3-4H2. The second-order valence-corrected chi connectivity index (χ2v) is 3.86. The molecule has 1 aromatic carbocycles. The monoisotopic (exact) mass is 286 g/mol. The second kappa shape index (κ2) is 5.60. The average molecular weight is 287 g/mol. The number of benzene rings is 1. The Bertz CT molecular complexity index is 419. The van der Waals surface area contributed by atoms with E-state index in [4.69, 9.17) is 23.2 Å². The van der Waals surface area contributed by atoms with Crippen LogP contribution >= 0.6 is 23.2 Å². The maximum absolute atomic E-state index is 12.1. The third-order valence-electron chi connectivity index (χ3n) is 1.79. The summed E-state index contributed by atoms with van der Waals surface area (Å²) >= 11 is 10.9. The van der Waals surface area contributed by atoms with Crippen molar-refractivity contribution in [3.05, 3.63) is 28.8 Å². The summed E-state index contributed by atoms with van der Waals surface area (Å²) in [6, 6.07) is 3.43. The van der Waals surface area contributed by atoms with Crippen molar-refractivity contribution in [3.8, 4) is 5.75 Å². The van der Waals surface area contributed by atoms with Gasteiger partial charge < -0.3 is 4.74 Å². The molecule has 0 atom stereocenters. The van der Waals surface area contributed by atoms with Crippen LogP contribution in [0.1, 0.15) is 16.8 Å². The molecule has 0 bridgehead atoms. The number of ketones is 1. The van der Waals surface area contributed by atoms with Gasteiger partial charge in [0.05, 0.1) is 5.56 Å². The van der Waals surface area contributed by atoms with Crippen LogP contribution in [0.4, 0.5) is 13.2 Å². The minimum absolute atomic E-state index is 0.0208. The van der Waals surface area contributed by atoms with Crippen LogP contribution in [0.3, 0.4) is 0 Å². The molecule has 0 saturated heterocycles. The fraction of sp³-hybridized carbons (Fsp3) is 0.300. The molecular weight excluding hydrogens is 280 g/mol. The average Bonchev–Trinajstić information content (AvgIpc) is 2.15. The van der Waals surface area contributed by atoms with E-state index < -0.39 is 17.9 Å². The molecule has 0 saturated carbocycles. The van der Waals surface area contributed by atoms with Crippen LogP contribution in [0.25, 0.3) is 0 Å². The number of hydrogen-bond acceptors (Lipinski definition) is 2. The minimum Gasteiger partial charge on any atom is -0.405 e. The summed E-state index contributed by atoms with van der Waals surface area (Å²) in [7, 11) is 0. The molecule has 17 heavy (non-hydrogen) atoms. The van der Waals surface area contributed by atoms with Gasteiger partial charge in [-0.1, -0.05) is 11.6 Å². The lowest BCUT2D eigenvalue weighted by atomic mass is 10.1. The maximum Gasteiger partial charge on any atom is 0.573 e. The van der Waals surface area contributed by atoms with Crippen molar-refractivity contribution in [2.45, 2.75) is 12.8 Å². The molecule has 2 nitrogen and oxygen atoms in total. The number of alkyl halides is 4. The van der Waals surface area contributed by atoms with E-state index >= 15 is 0 Å². The Balaban J connectivity index is 3.08. The summed E-state index contributed by atoms with van der Waals surface area (Å²) in [4.78, 5) is 11.5. The first kappa shape index (κ1) is 14.1. The number of ether oxygens (including phenoxy) is 1. The van der Waals surface area contributed by atoms with Crippen molar-refractivity contribution in [1.29, 1.82) is 0 Å². The van der Waals surface area contributed by atoms with Gasteiger partial charge in [-0.3, -0.25) is 4.79 Å². The first-order chi connectivity index (χ1) is 7.83. The van der Waals surface area contributed by atoms with Gasteiger partial charge >= 0.3 is 6.36 Å². The zero-order chi connectivity index (χ0) is 13.1. The summed E-state index contributed by atoms with van der Waals surface area (Å²) in [5, 5.41) is 0.0478. The van der Waals surface area contributed by atoms with Crippen LogP contribution in [0, 0.1) is 0 Å². The minimum atomic E-state index is -4.87. The number of rotatable bonds is 4. The Hall–Kier alpha value is -0.940. The largest absolute Gasteiger partial charge is 0.573 e. The van der Waals surface area contributed by atoms with Gasteiger partial charge in [0.2, 0.25) is 0 Å². The highest BCUT2D eigenvalue weighted by molar-refractivity contribution is 6.31. The molecular formula is C10H7Cl2F3O2. The molecule has 0 radical (unpaired) electrons. The van der Waals surface area contributed by atoms with Crippen molar-refractivity contribution >= 4 is 29.0 Å². The van der Waals surface area contributed by atoms with Crippen molar-refractivity contribution < 1.29 is 22.7 Å². The molecule has 94 valence electrons. The number of carbonyl (C=O) groups is 1. The molecule has 0 N–H and O–H groups in total. The number of hydrogen-bond donors (Lipinski definition) is 0. The van der Waals surface area contributed by atoms with Gasteiger partial charge in [-0.25, -0.2) is 0 Å². The second-order valence-electron chi connectivity index (χ2n) is 3.05. The summed E-state index contributed by atoms with van der Waals surface area (Å²) in [6.45, 7) is 0. The van der Waals surface area contributed by atoms with Crippen LogP contribution in [0.2, 0.25) is 5.02 Å². The van der Waals surface area contributed by atoms with Crippen molar-refractivity contribution in [2.75, 3.05) is 5.88 Å². The first-order valence-electron chi connectivity index (χ1n) is 4.48. The van der Waals surface area contributed by atoms with Crippen LogP contribution in [0.5, 0.6) is 5.75 Å². The Morgan fingerprint density at radius 2 is 2.00 bits per heavy atom. The van der Waals surface area contributed by atoms with Gasteiger partial charge in [-0.2, -0.15) is 0 Å². The van der Waals surface area contributed by atoms with Crippen LogP contribution < -0.4 is 4.74 Å². The van der Waals surface area contributed by atoms with E-state index in [-0.39, 0.29) is 22.9 Å². The lowest BCUT2D eigenvalue weighted by molar-refractivity contribution is -0.274. The predicted molar refractivity (Wildman–Crippen MR) is 57.8 cm³/mol. The van der Waals surface area contributed by atoms with Gasteiger partial charge in [0.15, 0.2) is 5.78 Å². The Morgan fingerprint density at radius 1 is 1.35 bits per heavy atom. The molecule has 0 amide bonds. The van der Waals surface area contributed by atoms with Crippen molar-refractivity contribution in [2.24, 2.45) is 0 Å². The van der Waals surface area contributed by atoms with Gasteiger partial charge in [0, 0.05) is 17.3 Å². The maximum atomic E-state index is 12.1. The van der Waals surface area contributed by atoms with E-state index in [0.717, 1.165) is 6.07 Å². The van der Waals surface area contributed by atoms with Crippen molar-refractivity contribution in [3.63, 3.8) is 0 Å².